The van der Waals surface area contributed by atoms with Crippen LogP contribution in [0.4, 0.5) is 10.1 Å². The van der Waals surface area contributed by atoms with Crippen LogP contribution < -0.4 is 20.2 Å². The molecule has 1 saturated carbocycles. The van der Waals surface area contributed by atoms with Crippen LogP contribution in [0.1, 0.15) is 36.2 Å². The van der Waals surface area contributed by atoms with Crippen molar-refractivity contribution in [2.75, 3.05) is 19.5 Å². The molecular formula is C23H21FN2O6. The van der Waals surface area contributed by atoms with Crippen molar-refractivity contribution >= 4 is 28.5 Å². The van der Waals surface area contributed by atoms with Crippen molar-refractivity contribution < 1.29 is 28.6 Å². The standard InChI is InChI=1S/C23H21FN2O6/c1-11(27)25-17-7-4-12(8-18(17)31-2)19-16(24)9-14-20(22(19)32-3)26(13-5-6-13)10-15(21(14)28)23(29)30/h4,7-10,13H,5-6H2,1-3H3,(H,25,27)(H,29,30). The summed E-state index contributed by atoms with van der Waals surface area (Å²) in [6.45, 7) is 1.36. The molecule has 1 aliphatic carbocycles. The van der Waals surface area contributed by atoms with E-state index in [1.807, 2.05) is 0 Å². The van der Waals surface area contributed by atoms with Gasteiger partial charge in [-0.05, 0) is 36.6 Å². The zero-order valence-corrected chi connectivity index (χ0v) is 17.7. The van der Waals surface area contributed by atoms with Crippen molar-refractivity contribution in [2.24, 2.45) is 0 Å². The molecule has 0 spiro atoms. The zero-order chi connectivity index (χ0) is 23.2. The van der Waals surface area contributed by atoms with Gasteiger partial charge >= 0.3 is 5.97 Å². The summed E-state index contributed by atoms with van der Waals surface area (Å²) in [5.41, 5.74) is 0.0803. The lowest BCUT2D eigenvalue weighted by Gasteiger charge is -2.19. The smallest absolute Gasteiger partial charge is 0.341 e. The van der Waals surface area contributed by atoms with Crippen molar-refractivity contribution in [3.05, 3.63) is 52.1 Å². The maximum atomic E-state index is 15.4. The van der Waals surface area contributed by atoms with E-state index in [-0.39, 0.29) is 28.6 Å². The van der Waals surface area contributed by atoms with E-state index < -0.39 is 22.8 Å². The minimum atomic E-state index is -1.37. The maximum absolute atomic E-state index is 15.4. The number of benzene rings is 2. The minimum absolute atomic E-state index is 0.0000833. The molecule has 166 valence electrons. The Morgan fingerprint density at radius 2 is 1.91 bits per heavy atom. The number of aromatic carboxylic acids is 1. The number of carbonyl (C=O) groups excluding carboxylic acids is 1. The molecular weight excluding hydrogens is 419 g/mol. The molecule has 2 aromatic carbocycles. The quantitative estimate of drug-likeness (QED) is 0.604. The molecule has 9 heteroatoms. The van der Waals surface area contributed by atoms with Gasteiger partial charge in [-0.1, -0.05) is 6.07 Å². The van der Waals surface area contributed by atoms with Crippen molar-refractivity contribution in [3.8, 4) is 22.6 Å². The van der Waals surface area contributed by atoms with Crippen molar-refractivity contribution in [2.45, 2.75) is 25.8 Å². The number of rotatable bonds is 6. The number of nitrogens with zero attached hydrogens (tertiary/aromatic N) is 1. The van der Waals surface area contributed by atoms with Crippen molar-refractivity contribution in [1.29, 1.82) is 0 Å². The number of halogens is 1. The molecule has 0 atom stereocenters. The van der Waals surface area contributed by atoms with Gasteiger partial charge in [-0.25, -0.2) is 9.18 Å². The van der Waals surface area contributed by atoms with Gasteiger partial charge in [-0.2, -0.15) is 0 Å². The molecule has 2 N–H and O–H groups in total. The number of carbonyl (C=O) groups is 2. The molecule has 1 aromatic heterocycles. The molecule has 0 bridgehead atoms. The highest BCUT2D eigenvalue weighted by Crippen LogP contribution is 2.44. The van der Waals surface area contributed by atoms with E-state index >= 15 is 4.39 Å². The van der Waals surface area contributed by atoms with Crippen LogP contribution in [0.5, 0.6) is 11.5 Å². The lowest BCUT2D eigenvalue weighted by atomic mass is 9.99. The van der Waals surface area contributed by atoms with Gasteiger partial charge in [0.1, 0.15) is 17.1 Å². The highest BCUT2D eigenvalue weighted by molar-refractivity contribution is 5.98. The number of pyridine rings is 1. The predicted molar refractivity (Wildman–Crippen MR) is 116 cm³/mol. The third-order valence-electron chi connectivity index (χ3n) is 5.40. The van der Waals surface area contributed by atoms with Crippen LogP contribution in [0.15, 0.2) is 35.3 Å². The van der Waals surface area contributed by atoms with Crippen LogP contribution in [0.3, 0.4) is 0 Å². The summed E-state index contributed by atoms with van der Waals surface area (Å²) >= 11 is 0. The molecule has 1 amide bonds. The fraction of sp³-hybridized carbons (Fsp3) is 0.261. The monoisotopic (exact) mass is 440 g/mol. The van der Waals surface area contributed by atoms with Crippen LogP contribution in [-0.2, 0) is 4.79 Å². The first-order valence-corrected chi connectivity index (χ1v) is 9.91. The Balaban J connectivity index is 2.03. The van der Waals surface area contributed by atoms with E-state index in [9.17, 15) is 19.5 Å². The van der Waals surface area contributed by atoms with E-state index in [2.05, 4.69) is 5.32 Å². The van der Waals surface area contributed by atoms with Crippen LogP contribution in [0.2, 0.25) is 0 Å². The van der Waals surface area contributed by atoms with E-state index in [0.717, 1.165) is 18.9 Å². The Morgan fingerprint density at radius 1 is 1.19 bits per heavy atom. The van der Waals surface area contributed by atoms with E-state index in [1.165, 1.54) is 27.3 Å². The number of carboxylic acid groups (broad SMARTS) is 1. The highest BCUT2D eigenvalue weighted by Gasteiger charge is 2.30. The summed E-state index contributed by atoms with van der Waals surface area (Å²) < 4.78 is 28.0. The first kappa shape index (κ1) is 21.4. The first-order valence-electron chi connectivity index (χ1n) is 9.91. The lowest BCUT2D eigenvalue weighted by molar-refractivity contribution is -0.114. The number of methoxy groups -OCH3 is 2. The second kappa shape index (κ2) is 7.99. The molecule has 8 nitrogen and oxygen atoms in total. The van der Waals surface area contributed by atoms with Gasteiger partial charge in [-0.15, -0.1) is 0 Å². The fourth-order valence-electron chi connectivity index (χ4n) is 3.85. The minimum Gasteiger partial charge on any atom is -0.495 e. The Bertz CT molecular complexity index is 1330. The molecule has 32 heavy (non-hydrogen) atoms. The van der Waals surface area contributed by atoms with Gasteiger partial charge in [0.15, 0.2) is 5.75 Å². The number of aromatic nitrogens is 1. The Labute approximate surface area is 182 Å². The van der Waals surface area contributed by atoms with Crippen LogP contribution in [0, 0.1) is 5.82 Å². The molecule has 0 aliphatic heterocycles. The molecule has 3 aromatic rings. The van der Waals surface area contributed by atoms with Gasteiger partial charge in [0.05, 0.1) is 36.4 Å². The summed E-state index contributed by atoms with van der Waals surface area (Å²) in [6, 6.07) is 5.80. The summed E-state index contributed by atoms with van der Waals surface area (Å²) in [4.78, 5) is 35.8. The summed E-state index contributed by atoms with van der Waals surface area (Å²) in [5.74, 6) is -1.96. The summed E-state index contributed by atoms with van der Waals surface area (Å²) in [6.07, 6.45) is 2.92. The number of carboxylic acids is 1. The van der Waals surface area contributed by atoms with Gasteiger partial charge in [0, 0.05) is 19.2 Å². The second-order valence-electron chi connectivity index (χ2n) is 7.57. The molecule has 1 aliphatic rings. The number of ether oxygens (including phenoxy) is 2. The number of fused-ring (bicyclic) bond motifs is 1. The van der Waals surface area contributed by atoms with E-state index in [0.29, 0.717) is 22.5 Å². The predicted octanol–water partition coefficient (Wildman–Crippen LogP) is 3.82. The fourth-order valence-corrected chi connectivity index (χ4v) is 3.85. The molecule has 0 radical (unpaired) electrons. The van der Waals surface area contributed by atoms with E-state index in [1.54, 1.807) is 22.8 Å². The van der Waals surface area contributed by atoms with Crippen molar-refractivity contribution in [1.82, 2.24) is 4.57 Å². The van der Waals surface area contributed by atoms with Gasteiger partial charge < -0.3 is 24.5 Å². The van der Waals surface area contributed by atoms with Crippen molar-refractivity contribution in [3.63, 3.8) is 0 Å². The Hall–Kier alpha value is -3.88. The van der Waals surface area contributed by atoms with Gasteiger partial charge in [0.2, 0.25) is 11.3 Å². The first-order chi connectivity index (χ1) is 15.3. The molecule has 1 heterocycles. The molecule has 0 unspecified atom stereocenters. The van der Waals surface area contributed by atoms with Crippen LogP contribution >= 0.6 is 0 Å². The molecule has 1 fully saturated rings. The average Bonchev–Trinajstić information content (AvgIpc) is 3.58. The van der Waals surface area contributed by atoms with E-state index in [4.69, 9.17) is 9.47 Å². The van der Waals surface area contributed by atoms with Crippen LogP contribution in [-0.4, -0.2) is 35.8 Å². The van der Waals surface area contributed by atoms with Gasteiger partial charge in [0.25, 0.3) is 0 Å². The second-order valence-corrected chi connectivity index (χ2v) is 7.57. The Morgan fingerprint density at radius 3 is 2.47 bits per heavy atom. The summed E-state index contributed by atoms with van der Waals surface area (Å²) in [5, 5.41) is 12.0. The average molecular weight is 440 g/mol. The van der Waals surface area contributed by atoms with Gasteiger partial charge in [-0.3, -0.25) is 9.59 Å². The molecule has 0 saturated heterocycles. The number of amides is 1. The third kappa shape index (κ3) is 3.55. The summed E-state index contributed by atoms with van der Waals surface area (Å²) in [7, 11) is 2.80. The number of hydrogen-bond donors (Lipinski definition) is 2. The number of nitrogens with one attached hydrogen (secondary N) is 1. The zero-order valence-electron chi connectivity index (χ0n) is 17.7. The highest BCUT2D eigenvalue weighted by atomic mass is 19.1. The molecule has 4 rings (SSSR count). The largest absolute Gasteiger partial charge is 0.495 e. The Kier molecular flexibility index (Phi) is 5.33. The van der Waals surface area contributed by atoms with Crippen LogP contribution in [0.25, 0.3) is 22.0 Å². The third-order valence-corrected chi connectivity index (χ3v) is 5.40. The normalized spacial score (nSPS) is 13.1. The SMILES string of the molecule is COc1cc(-c2c(F)cc3c(=O)c(C(=O)O)cn(C4CC4)c3c2OC)ccc1NC(C)=O. The number of hydrogen-bond acceptors (Lipinski definition) is 5. The topological polar surface area (TPSA) is 107 Å². The maximum Gasteiger partial charge on any atom is 0.341 e. The number of anilines is 1. The lowest BCUT2D eigenvalue weighted by Crippen LogP contribution is -2.19.